The third kappa shape index (κ3) is 5.30. The molecule has 4 aliphatic rings. The maximum absolute atomic E-state index is 14.8. The highest BCUT2D eigenvalue weighted by Crippen LogP contribution is 2.66. The monoisotopic (exact) mass is 609 g/mol. The Morgan fingerprint density at radius 2 is 1.67 bits per heavy atom. The maximum Gasteiger partial charge on any atom is 0.247 e. The number of likely N-dealkylation sites (tertiary alicyclic amines) is 1. The van der Waals surface area contributed by atoms with Crippen LogP contribution in [-0.4, -0.2) is 86.6 Å². The molecule has 3 amide bonds. The Bertz CT molecular complexity index is 1280. The van der Waals surface area contributed by atoms with E-state index in [0.29, 0.717) is 26.1 Å². The molecule has 4 aliphatic heterocycles. The molecule has 0 aromatic heterocycles. The SMILES string of the molecule is CCCC(C)N1CC=C[C@]23S[C@@]4(C)C=CCN(c5ccc(OCC)cc5)C(=O)[C@H]4[C@H]2C(=O)N([C@@H](CO)CC(C)C)C3C1=O. The second-order valence-electron chi connectivity index (χ2n) is 13.0. The molecule has 9 heteroatoms. The van der Waals surface area contributed by atoms with E-state index in [-0.39, 0.29) is 36.3 Å². The van der Waals surface area contributed by atoms with E-state index in [1.165, 1.54) is 0 Å². The fourth-order valence-corrected chi connectivity index (χ4v) is 9.93. The second kappa shape index (κ2) is 12.3. The minimum Gasteiger partial charge on any atom is -0.494 e. The summed E-state index contributed by atoms with van der Waals surface area (Å²) in [6.45, 7) is 13.4. The van der Waals surface area contributed by atoms with Gasteiger partial charge in [0.25, 0.3) is 0 Å². The van der Waals surface area contributed by atoms with Crippen molar-refractivity contribution < 1.29 is 24.2 Å². The third-order valence-electron chi connectivity index (χ3n) is 9.57. The van der Waals surface area contributed by atoms with Gasteiger partial charge in [0.1, 0.15) is 11.8 Å². The zero-order valence-corrected chi connectivity index (χ0v) is 27.2. The van der Waals surface area contributed by atoms with Crippen molar-refractivity contribution >= 4 is 35.2 Å². The van der Waals surface area contributed by atoms with Crippen molar-refractivity contribution in [3.63, 3.8) is 0 Å². The molecule has 1 aromatic rings. The molecule has 1 aromatic carbocycles. The van der Waals surface area contributed by atoms with E-state index in [1.807, 2.05) is 55.2 Å². The average Bonchev–Trinajstić information content (AvgIpc) is 3.24. The molecular weight excluding hydrogens is 562 g/mol. The minimum atomic E-state index is -0.930. The summed E-state index contributed by atoms with van der Waals surface area (Å²) in [5.74, 6) is -0.887. The number of rotatable bonds is 10. The Hall–Kier alpha value is -2.78. The standard InChI is InChI=1S/C34H47N3O5S/c1-7-11-23(5)35-18-10-17-34-28(31(40)37(29(34)32(35)41)25(21-38)20-22(3)4)27-30(39)36(19-9-16-33(27,6)43-34)24-12-14-26(15-13-24)42-8-2/h9-10,12-17,22-23,25,27-29,38H,7-8,11,18-21H2,1-6H3/t23?,25-,27-,28+,29?,33+,34+/m1/s1. The summed E-state index contributed by atoms with van der Waals surface area (Å²) >= 11 is 1.59. The molecular formula is C34H47N3O5S. The fraction of sp³-hybridized carbons (Fsp3) is 0.618. The number of nitrogens with zero attached hydrogens (tertiary/aromatic N) is 3. The van der Waals surface area contributed by atoms with Gasteiger partial charge < -0.3 is 24.5 Å². The lowest BCUT2D eigenvalue weighted by molar-refractivity contribution is -0.147. The van der Waals surface area contributed by atoms with Crippen LogP contribution in [-0.2, 0) is 14.4 Å². The van der Waals surface area contributed by atoms with Crippen LogP contribution in [0.3, 0.4) is 0 Å². The van der Waals surface area contributed by atoms with Gasteiger partial charge in [0.05, 0.1) is 35.8 Å². The lowest BCUT2D eigenvalue weighted by Gasteiger charge is -2.41. The van der Waals surface area contributed by atoms with Gasteiger partial charge in [-0.3, -0.25) is 14.4 Å². The number of fused-ring (bicyclic) bond motifs is 2. The Kier molecular flexibility index (Phi) is 9.06. The van der Waals surface area contributed by atoms with Gasteiger partial charge in [-0.1, -0.05) is 51.5 Å². The smallest absolute Gasteiger partial charge is 0.247 e. The zero-order valence-electron chi connectivity index (χ0n) is 26.4. The molecule has 1 N–H and O–H groups in total. The molecule has 0 radical (unpaired) electrons. The predicted octanol–water partition coefficient (Wildman–Crippen LogP) is 4.67. The molecule has 2 fully saturated rings. The number of hydrogen-bond acceptors (Lipinski definition) is 6. The van der Waals surface area contributed by atoms with E-state index in [1.54, 1.807) is 21.6 Å². The first-order valence-corrected chi connectivity index (χ1v) is 16.7. The molecule has 2 saturated heterocycles. The molecule has 7 atom stereocenters. The van der Waals surface area contributed by atoms with Crippen LogP contribution in [0, 0.1) is 17.8 Å². The summed E-state index contributed by atoms with van der Waals surface area (Å²) in [5.41, 5.74) is 0.743. The highest BCUT2D eigenvalue weighted by Gasteiger charge is 2.74. The molecule has 1 spiro atoms. The number of carbonyl (C=O) groups excluding carboxylic acids is 3. The van der Waals surface area contributed by atoms with Gasteiger partial charge in [0.15, 0.2) is 0 Å². The number of aliphatic hydroxyl groups excluding tert-OH is 1. The summed E-state index contributed by atoms with van der Waals surface area (Å²) < 4.78 is 3.99. The quantitative estimate of drug-likeness (QED) is 0.388. The highest BCUT2D eigenvalue weighted by molar-refractivity contribution is 8.02. The number of benzene rings is 1. The summed E-state index contributed by atoms with van der Waals surface area (Å²) in [4.78, 5) is 49.4. The van der Waals surface area contributed by atoms with Crippen LogP contribution < -0.4 is 9.64 Å². The number of hydrogen-bond donors (Lipinski definition) is 1. The van der Waals surface area contributed by atoms with E-state index in [2.05, 4.69) is 39.8 Å². The van der Waals surface area contributed by atoms with Crippen LogP contribution in [0.2, 0.25) is 0 Å². The largest absolute Gasteiger partial charge is 0.494 e. The van der Waals surface area contributed by atoms with Crippen molar-refractivity contribution in [2.75, 3.05) is 31.2 Å². The van der Waals surface area contributed by atoms with Crippen LogP contribution in [0.1, 0.15) is 60.8 Å². The molecule has 2 unspecified atom stereocenters. The zero-order chi connectivity index (χ0) is 31.1. The lowest BCUT2D eigenvalue weighted by atomic mass is 9.74. The number of thioether (sulfide) groups is 1. The Morgan fingerprint density at radius 3 is 2.30 bits per heavy atom. The van der Waals surface area contributed by atoms with E-state index in [9.17, 15) is 19.5 Å². The Morgan fingerprint density at radius 1 is 0.977 bits per heavy atom. The van der Waals surface area contributed by atoms with E-state index < -0.39 is 33.4 Å². The van der Waals surface area contributed by atoms with Crippen molar-refractivity contribution in [3.05, 3.63) is 48.6 Å². The highest BCUT2D eigenvalue weighted by atomic mass is 32.2. The first-order chi connectivity index (χ1) is 20.5. The van der Waals surface area contributed by atoms with E-state index >= 15 is 0 Å². The molecule has 4 heterocycles. The van der Waals surface area contributed by atoms with Crippen molar-refractivity contribution in [2.45, 2.75) is 88.4 Å². The topological polar surface area (TPSA) is 90.4 Å². The molecule has 5 rings (SSSR count). The first kappa shape index (κ1) is 31.6. The van der Waals surface area contributed by atoms with Crippen molar-refractivity contribution in [1.82, 2.24) is 9.80 Å². The van der Waals surface area contributed by atoms with Gasteiger partial charge in [-0.05, 0) is 63.8 Å². The Balaban J connectivity index is 1.61. The maximum atomic E-state index is 14.8. The molecule has 0 bridgehead atoms. The van der Waals surface area contributed by atoms with Gasteiger partial charge in [0, 0.05) is 29.6 Å². The van der Waals surface area contributed by atoms with Crippen molar-refractivity contribution in [3.8, 4) is 5.75 Å². The summed E-state index contributed by atoms with van der Waals surface area (Å²) in [6.07, 6.45) is 10.6. The van der Waals surface area contributed by atoms with Crippen LogP contribution >= 0.6 is 11.8 Å². The van der Waals surface area contributed by atoms with Gasteiger partial charge in [0.2, 0.25) is 17.7 Å². The molecule has 0 aliphatic carbocycles. The van der Waals surface area contributed by atoms with Crippen LogP contribution in [0.25, 0.3) is 0 Å². The van der Waals surface area contributed by atoms with Gasteiger partial charge >= 0.3 is 0 Å². The predicted molar refractivity (Wildman–Crippen MR) is 171 cm³/mol. The number of aliphatic hydroxyl groups is 1. The van der Waals surface area contributed by atoms with Gasteiger partial charge in [-0.15, -0.1) is 11.8 Å². The summed E-state index contributed by atoms with van der Waals surface area (Å²) in [6, 6.07) is 6.19. The molecule has 8 nitrogen and oxygen atoms in total. The van der Waals surface area contributed by atoms with Gasteiger partial charge in [-0.2, -0.15) is 0 Å². The number of anilines is 1. The number of amides is 3. The first-order valence-electron chi connectivity index (χ1n) is 15.9. The van der Waals surface area contributed by atoms with E-state index in [4.69, 9.17) is 4.74 Å². The normalized spacial score (nSPS) is 31.6. The summed E-state index contributed by atoms with van der Waals surface area (Å²) in [5, 5.41) is 10.6. The number of carbonyl (C=O) groups is 3. The summed E-state index contributed by atoms with van der Waals surface area (Å²) in [7, 11) is 0. The second-order valence-corrected chi connectivity index (χ2v) is 14.8. The van der Waals surface area contributed by atoms with Crippen LogP contribution in [0.5, 0.6) is 5.75 Å². The van der Waals surface area contributed by atoms with Crippen molar-refractivity contribution in [1.29, 1.82) is 0 Å². The average molecular weight is 610 g/mol. The van der Waals surface area contributed by atoms with Gasteiger partial charge in [-0.25, -0.2) is 0 Å². The number of ether oxygens (including phenoxy) is 1. The third-order valence-corrected chi connectivity index (χ3v) is 11.4. The fourth-order valence-electron chi connectivity index (χ4n) is 7.78. The Labute approximate surface area is 260 Å². The van der Waals surface area contributed by atoms with Crippen LogP contribution in [0.15, 0.2) is 48.6 Å². The lowest BCUT2D eigenvalue weighted by Crippen LogP contribution is -2.58. The molecule has 234 valence electrons. The molecule has 0 saturated carbocycles. The van der Waals surface area contributed by atoms with Crippen molar-refractivity contribution in [2.24, 2.45) is 17.8 Å². The molecule has 43 heavy (non-hydrogen) atoms. The van der Waals surface area contributed by atoms with E-state index in [0.717, 1.165) is 24.3 Å². The minimum absolute atomic E-state index is 0.00937. The van der Waals surface area contributed by atoms with Crippen LogP contribution in [0.4, 0.5) is 5.69 Å².